The highest BCUT2D eigenvalue weighted by atomic mass is 35.5. The average molecular weight is 303 g/mol. The zero-order valence-corrected chi connectivity index (χ0v) is 11.8. The van der Waals surface area contributed by atoms with Crippen molar-refractivity contribution < 1.29 is 9.53 Å². The Morgan fingerprint density at radius 3 is 2.86 bits per heavy atom. The minimum Gasteiger partial charge on any atom is -0.495 e. The van der Waals surface area contributed by atoms with Gasteiger partial charge in [0.25, 0.3) is 5.91 Å². The summed E-state index contributed by atoms with van der Waals surface area (Å²) in [7, 11) is 1.50. The number of hydrogen-bond acceptors (Lipinski definition) is 3. The number of amides is 1. The van der Waals surface area contributed by atoms with Crippen LogP contribution >= 0.6 is 11.6 Å². The summed E-state index contributed by atoms with van der Waals surface area (Å²) in [4.78, 5) is 14.9. The summed E-state index contributed by atoms with van der Waals surface area (Å²) in [6.45, 7) is 0. The highest BCUT2D eigenvalue weighted by molar-refractivity contribution is 6.31. The van der Waals surface area contributed by atoms with E-state index in [1.807, 2.05) is 0 Å². The normalized spacial score (nSPS) is 9.62. The van der Waals surface area contributed by atoms with Crippen LogP contribution < -0.4 is 10.1 Å². The molecule has 7 heteroatoms. The van der Waals surface area contributed by atoms with Crippen LogP contribution in [0.15, 0.2) is 47.6 Å². The van der Waals surface area contributed by atoms with Crippen molar-refractivity contribution in [3.05, 3.63) is 63.5 Å². The quantitative estimate of drug-likeness (QED) is 0.510. The lowest BCUT2D eigenvalue weighted by molar-refractivity contribution is 0.102. The smallest absolute Gasteiger partial charge is 0.255 e. The van der Waals surface area contributed by atoms with Gasteiger partial charge in [-0.3, -0.25) is 4.79 Å². The maximum atomic E-state index is 12.2. The molecular weight excluding hydrogens is 292 g/mol. The molecule has 2 aromatic rings. The fourth-order valence-corrected chi connectivity index (χ4v) is 1.91. The lowest BCUT2D eigenvalue weighted by atomic mass is 10.2. The predicted octanol–water partition coefficient (Wildman–Crippen LogP) is 4.54. The fourth-order valence-electron chi connectivity index (χ4n) is 1.73. The van der Waals surface area contributed by atoms with Gasteiger partial charge in [-0.15, -0.1) is 0 Å². The Balaban J connectivity index is 2.27. The van der Waals surface area contributed by atoms with E-state index in [9.17, 15) is 4.79 Å². The van der Waals surface area contributed by atoms with Gasteiger partial charge in [0.1, 0.15) is 5.75 Å². The standard InChI is InChI=1S/C14H11ClN4O2/c1-21-13-6-5-10(15)8-12(13)17-14(20)9-3-2-4-11(7-9)18-19-16/h2-8H,1H3,(H,17,20). The van der Waals surface area contributed by atoms with Crippen molar-refractivity contribution in [1.29, 1.82) is 0 Å². The number of hydrogen-bond donors (Lipinski definition) is 1. The van der Waals surface area contributed by atoms with Gasteiger partial charge in [0.2, 0.25) is 0 Å². The maximum absolute atomic E-state index is 12.2. The van der Waals surface area contributed by atoms with Gasteiger partial charge in [0.15, 0.2) is 0 Å². The molecule has 0 unspecified atom stereocenters. The van der Waals surface area contributed by atoms with Gasteiger partial charge >= 0.3 is 0 Å². The minimum atomic E-state index is -0.356. The van der Waals surface area contributed by atoms with E-state index in [4.69, 9.17) is 21.9 Å². The predicted molar refractivity (Wildman–Crippen MR) is 81.2 cm³/mol. The first kappa shape index (κ1) is 14.7. The minimum absolute atomic E-state index is 0.356. The second kappa shape index (κ2) is 6.65. The Morgan fingerprint density at radius 1 is 1.33 bits per heavy atom. The molecule has 0 bridgehead atoms. The molecule has 0 aliphatic heterocycles. The van der Waals surface area contributed by atoms with Crippen LogP contribution in [-0.2, 0) is 0 Å². The van der Waals surface area contributed by atoms with Crippen LogP contribution in [0.2, 0.25) is 5.02 Å². The van der Waals surface area contributed by atoms with Crippen LogP contribution in [0.25, 0.3) is 10.4 Å². The molecule has 0 atom stereocenters. The zero-order valence-electron chi connectivity index (χ0n) is 11.1. The van der Waals surface area contributed by atoms with E-state index < -0.39 is 0 Å². The lowest BCUT2D eigenvalue weighted by Crippen LogP contribution is -2.12. The van der Waals surface area contributed by atoms with E-state index in [1.165, 1.54) is 13.2 Å². The third-order valence-corrected chi connectivity index (χ3v) is 2.91. The number of halogens is 1. The fraction of sp³-hybridized carbons (Fsp3) is 0.0714. The van der Waals surface area contributed by atoms with Crippen molar-refractivity contribution >= 4 is 28.9 Å². The Labute approximate surface area is 125 Å². The summed E-state index contributed by atoms with van der Waals surface area (Å²) in [5, 5.41) is 6.64. The molecule has 0 spiro atoms. The number of nitrogens with zero attached hydrogens (tertiary/aromatic N) is 3. The summed E-state index contributed by atoms with van der Waals surface area (Å²) in [5.74, 6) is 0.143. The summed E-state index contributed by atoms with van der Waals surface area (Å²) in [5.41, 5.74) is 9.60. The van der Waals surface area contributed by atoms with E-state index >= 15 is 0 Å². The molecule has 1 N–H and O–H groups in total. The van der Waals surface area contributed by atoms with Gasteiger partial charge in [0, 0.05) is 21.2 Å². The third-order valence-electron chi connectivity index (χ3n) is 2.68. The molecule has 2 rings (SSSR count). The number of anilines is 1. The monoisotopic (exact) mass is 302 g/mol. The number of carbonyl (C=O) groups is 1. The third kappa shape index (κ3) is 3.66. The molecule has 0 heterocycles. The van der Waals surface area contributed by atoms with Gasteiger partial charge in [-0.2, -0.15) is 0 Å². The molecule has 106 valence electrons. The SMILES string of the molecule is COc1ccc(Cl)cc1NC(=O)c1cccc(N=[N+]=[N-])c1. The Kier molecular flexibility index (Phi) is 4.66. The molecule has 21 heavy (non-hydrogen) atoms. The number of ether oxygens (including phenoxy) is 1. The first-order chi connectivity index (χ1) is 10.1. The summed E-state index contributed by atoms with van der Waals surface area (Å²) < 4.78 is 5.16. The topological polar surface area (TPSA) is 87.1 Å². The van der Waals surface area contributed by atoms with E-state index in [0.29, 0.717) is 27.7 Å². The first-order valence-corrected chi connectivity index (χ1v) is 6.32. The Morgan fingerprint density at radius 2 is 2.14 bits per heavy atom. The van der Waals surface area contributed by atoms with Gasteiger partial charge in [-0.25, -0.2) is 0 Å². The van der Waals surface area contributed by atoms with Gasteiger partial charge in [-0.1, -0.05) is 28.8 Å². The van der Waals surface area contributed by atoms with Crippen molar-refractivity contribution in [3.63, 3.8) is 0 Å². The molecule has 6 nitrogen and oxygen atoms in total. The Bertz CT molecular complexity index is 727. The van der Waals surface area contributed by atoms with E-state index in [2.05, 4.69) is 15.3 Å². The molecule has 0 fully saturated rings. The van der Waals surface area contributed by atoms with E-state index in [0.717, 1.165) is 0 Å². The van der Waals surface area contributed by atoms with Crippen LogP contribution in [0.3, 0.4) is 0 Å². The first-order valence-electron chi connectivity index (χ1n) is 5.94. The molecule has 0 radical (unpaired) electrons. The molecule has 0 saturated carbocycles. The number of carbonyl (C=O) groups excluding carboxylic acids is 1. The van der Waals surface area contributed by atoms with Gasteiger partial charge in [-0.05, 0) is 35.9 Å². The van der Waals surface area contributed by atoms with Crippen LogP contribution in [-0.4, -0.2) is 13.0 Å². The highest BCUT2D eigenvalue weighted by Gasteiger charge is 2.10. The van der Waals surface area contributed by atoms with Crippen molar-refractivity contribution in [3.8, 4) is 5.75 Å². The van der Waals surface area contributed by atoms with Crippen LogP contribution in [0, 0.1) is 0 Å². The molecule has 0 saturated heterocycles. The highest BCUT2D eigenvalue weighted by Crippen LogP contribution is 2.28. The van der Waals surface area contributed by atoms with Crippen LogP contribution in [0.1, 0.15) is 10.4 Å². The molecule has 0 aliphatic carbocycles. The second-order valence-corrected chi connectivity index (χ2v) is 4.47. The molecule has 0 aliphatic rings. The summed E-state index contributed by atoms with van der Waals surface area (Å²) >= 11 is 5.91. The Hall–Kier alpha value is -2.69. The second-order valence-electron chi connectivity index (χ2n) is 4.04. The van der Waals surface area contributed by atoms with Crippen molar-refractivity contribution in [2.24, 2.45) is 5.11 Å². The summed E-state index contributed by atoms with van der Waals surface area (Å²) in [6, 6.07) is 11.3. The number of benzene rings is 2. The van der Waals surface area contributed by atoms with Crippen molar-refractivity contribution in [2.75, 3.05) is 12.4 Å². The zero-order chi connectivity index (χ0) is 15.2. The van der Waals surface area contributed by atoms with Crippen molar-refractivity contribution in [2.45, 2.75) is 0 Å². The van der Waals surface area contributed by atoms with Crippen molar-refractivity contribution in [1.82, 2.24) is 0 Å². The molecule has 0 aromatic heterocycles. The van der Waals surface area contributed by atoms with Gasteiger partial charge in [0.05, 0.1) is 12.8 Å². The lowest BCUT2D eigenvalue weighted by Gasteiger charge is -2.10. The van der Waals surface area contributed by atoms with E-state index in [-0.39, 0.29) is 5.91 Å². The summed E-state index contributed by atoms with van der Waals surface area (Å²) in [6.07, 6.45) is 0. The molecule has 1 amide bonds. The molecule has 2 aromatic carbocycles. The number of rotatable bonds is 4. The molecular formula is C14H11ClN4O2. The van der Waals surface area contributed by atoms with E-state index in [1.54, 1.807) is 36.4 Å². The van der Waals surface area contributed by atoms with Crippen LogP contribution in [0.5, 0.6) is 5.75 Å². The number of azide groups is 1. The van der Waals surface area contributed by atoms with Crippen LogP contribution in [0.4, 0.5) is 11.4 Å². The maximum Gasteiger partial charge on any atom is 0.255 e. The number of nitrogens with one attached hydrogen (secondary N) is 1. The number of methoxy groups -OCH3 is 1. The van der Waals surface area contributed by atoms with Gasteiger partial charge < -0.3 is 10.1 Å². The average Bonchev–Trinajstić information content (AvgIpc) is 2.48. The largest absolute Gasteiger partial charge is 0.495 e.